The van der Waals surface area contributed by atoms with Crippen LogP contribution in [0.2, 0.25) is 0 Å². The lowest BCUT2D eigenvalue weighted by molar-refractivity contribution is -0.135. The number of nitrogens with zero attached hydrogens (tertiary/aromatic N) is 2. The molecule has 1 aliphatic rings. The minimum atomic E-state index is -3.51. The lowest BCUT2D eigenvalue weighted by Gasteiger charge is -2.33. The van der Waals surface area contributed by atoms with Gasteiger partial charge in [-0.15, -0.1) is 11.3 Å². The Morgan fingerprint density at radius 2 is 2.04 bits per heavy atom. The van der Waals surface area contributed by atoms with E-state index in [1.165, 1.54) is 15.6 Å². The lowest BCUT2D eigenvalue weighted by Crippen LogP contribution is -2.45. The smallest absolute Gasteiger partial charge is 0.252 e. The first-order chi connectivity index (χ1) is 12.9. The molecular weight excluding hydrogens is 384 g/mol. The molecule has 1 aliphatic heterocycles. The van der Waals surface area contributed by atoms with Crippen LogP contribution in [0.15, 0.2) is 46.0 Å². The van der Waals surface area contributed by atoms with E-state index in [-0.39, 0.29) is 18.4 Å². The highest BCUT2D eigenvalue weighted by molar-refractivity contribution is 7.91. The van der Waals surface area contributed by atoms with E-state index in [1.54, 1.807) is 36.6 Å². The van der Waals surface area contributed by atoms with E-state index < -0.39 is 10.0 Å². The highest BCUT2D eigenvalue weighted by Gasteiger charge is 2.34. The summed E-state index contributed by atoms with van der Waals surface area (Å²) >= 11 is 1.21. The number of hydrogen-bond donors (Lipinski definition) is 0. The molecule has 1 aromatic heterocycles. The summed E-state index contributed by atoms with van der Waals surface area (Å²) in [6.45, 7) is 1.19. The van der Waals surface area contributed by atoms with Crippen LogP contribution in [0.5, 0.6) is 5.75 Å². The molecule has 0 radical (unpaired) electrons. The van der Waals surface area contributed by atoms with Crippen LogP contribution in [-0.4, -0.2) is 50.8 Å². The van der Waals surface area contributed by atoms with Gasteiger partial charge < -0.3 is 9.64 Å². The summed E-state index contributed by atoms with van der Waals surface area (Å²) in [4.78, 5) is 14.5. The zero-order chi connectivity index (χ0) is 19.4. The maximum Gasteiger partial charge on any atom is 0.252 e. The van der Waals surface area contributed by atoms with Crippen molar-refractivity contribution < 1.29 is 17.9 Å². The molecule has 146 valence electrons. The van der Waals surface area contributed by atoms with E-state index in [0.29, 0.717) is 30.1 Å². The molecule has 8 heteroatoms. The minimum absolute atomic E-state index is 0.0168. The molecule has 1 atom stereocenters. The topological polar surface area (TPSA) is 66.9 Å². The van der Waals surface area contributed by atoms with Crippen LogP contribution in [0.4, 0.5) is 0 Å². The molecule has 0 bridgehead atoms. The van der Waals surface area contributed by atoms with Gasteiger partial charge in [0.1, 0.15) is 9.96 Å². The molecule has 3 rings (SSSR count). The molecule has 6 nitrogen and oxygen atoms in total. The van der Waals surface area contributed by atoms with Gasteiger partial charge in [-0.3, -0.25) is 4.79 Å². The Morgan fingerprint density at radius 3 is 2.67 bits per heavy atom. The first-order valence-electron chi connectivity index (χ1n) is 8.83. The summed E-state index contributed by atoms with van der Waals surface area (Å²) in [5.41, 5.74) is 1.01. The largest absolute Gasteiger partial charge is 0.497 e. The summed E-state index contributed by atoms with van der Waals surface area (Å²) in [5, 5.41) is 1.75. The van der Waals surface area contributed by atoms with Gasteiger partial charge in [0.15, 0.2) is 0 Å². The third-order valence-electron chi connectivity index (χ3n) is 4.78. The van der Waals surface area contributed by atoms with Gasteiger partial charge in [-0.2, -0.15) is 4.31 Å². The summed E-state index contributed by atoms with van der Waals surface area (Å²) in [7, 11) is -0.132. The standard InChI is InChI=1S/C19H24N2O4S2/c1-20(13-15-7-9-17(25-2)10-8-15)19(22)16-5-3-11-21(14-16)27(23,24)18-6-4-12-26-18/h4,6-10,12,16H,3,5,11,13-14H2,1-2H3/t16-/m0/s1. The van der Waals surface area contributed by atoms with Crippen LogP contribution in [-0.2, 0) is 21.4 Å². The molecule has 1 saturated heterocycles. The number of thiophene rings is 1. The monoisotopic (exact) mass is 408 g/mol. The fourth-order valence-corrected chi connectivity index (χ4v) is 5.96. The second-order valence-corrected chi connectivity index (χ2v) is 9.79. The van der Waals surface area contributed by atoms with Gasteiger partial charge in [0.05, 0.1) is 13.0 Å². The third kappa shape index (κ3) is 4.51. The number of carbonyl (C=O) groups is 1. The van der Waals surface area contributed by atoms with Crippen LogP contribution in [0, 0.1) is 5.92 Å². The van der Waals surface area contributed by atoms with Crippen molar-refractivity contribution in [1.29, 1.82) is 0 Å². The number of sulfonamides is 1. The molecule has 2 aromatic rings. The van der Waals surface area contributed by atoms with Crippen molar-refractivity contribution in [3.05, 3.63) is 47.3 Å². The Kier molecular flexibility index (Phi) is 6.18. The SMILES string of the molecule is COc1ccc(CN(C)C(=O)[C@H]2CCCN(S(=O)(=O)c3cccs3)C2)cc1. The predicted octanol–water partition coefficient (Wildman–Crippen LogP) is 2.82. The van der Waals surface area contributed by atoms with E-state index in [0.717, 1.165) is 11.3 Å². The molecule has 0 N–H and O–H groups in total. The quantitative estimate of drug-likeness (QED) is 0.737. The molecule has 2 heterocycles. The van der Waals surface area contributed by atoms with E-state index in [4.69, 9.17) is 4.74 Å². The normalized spacial score (nSPS) is 18.2. The fourth-order valence-electron chi connectivity index (χ4n) is 3.29. The van der Waals surface area contributed by atoms with Crippen molar-refractivity contribution >= 4 is 27.3 Å². The van der Waals surface area contributed by atoms with Crippen molar-refractivity contribution in [1.82, 2.24) is 9.21 Å². The van der Waals surface area contributed by atoms with Crippen molar-refractivity contribution in [3.63, 3.8) is 0 Å². The van der Waals surface area contributed by atoms with Crippen LogP contribution >= 0.6 is 11.3 Å². The van der Waals surface area contributed by atoms with Crippen LogP contribution < -0.4 is 4.74 Å². The predicted molar refractivity (Wildman–Crippen MR) is 105 cm³/mol. The Balaban J connectivity index is 1.65. The molecular formula is C19H24N2O4S2. The number of rotatable bonds is 6. The molecule has 0 aliphatic carbocycles. The number of piperidine rings is 1. The lowest BCUT2D eigenvalue weighted by atomic mass is 9.98. The zero-order valence-electron chi connectivity index (χ0n) is 15.5. The molecule has 0 unspecified atom stereocenters. The Labute approximate surface area is 164 Å². The van der Waals surface area contributed by atoms with E-state index in [1.807, 2.05) is 24.3 Å². The van der Waals surface area contributed by atoms with E-state index in [9.17, 15) is 13.2 Å². The highest BCUT2D eigenvalue weighted by Crippen LogP contribution is 2.27. The van der Waals surface area contributed by atoms with Gasteiger partial charge in [0.25, 0.3) is 10.0 Å². The summed E-state index contributed by atoms with van der Waals surface area (Å²) in [6, 6.07) is 10.9. The van der Waals surface area contributed by atoms with Crippen LogP contribution in [0.1, 0.15) is 18.4 Å². The van der Waals surface area contributed by atoms with Crippen molar-refractivity contribution in [2.45, 2.75) is 23.6 Å². The molecule has 1 amide bonds. The van der Waals surface area contributed by atoms with Crippen LogP contribution in [0.25, 0.3) is 0 Å². The third-order valence-corrected chi connectivity index (χ3v) is 8.02. The first kappa shape index (κ1) is 19.9. The first-order valence-corrected chi connectivity index (χ1v) is 11.2. The van der Waals surface area contributed by atoms with Gasteiger partial charge in [0, 0.05) is 26.7 Å². The van der Waals surface area contributed by atoms with Gasteiger partial charge in [-0.05, 0) is 42.0 Å². The fraction of sp³-hybridized carbons (Fsp3) is 0.421. The van der Waals surface area contributed by atoms with Gasteiger partial charge in [0.2, 0.25) is 5.91 Å². The molecule has 0 saturated carbocycles. The molecule has 27 heavy (non-hydrogen) atoms. The van der Waals surface area contributed by atoms with Gasteiger partial charge in [-0.25, -0.2) is 8.42 Å². The second kappa shape index (κ2) is 8.41. The maximum atomic E-state index is 12.9. The Bertz CT molecular complexity index is 864. The van der Waals surface area contributed by atoms with Crippen LogP contribution in [0.3, 0.4) is 0 Å². The molecule has 1 aromatic carbocycles. The number of amides is 1. The van der Waals surface area contributed by atoms with Crippen molar-refractivity contribution in [2.24, 2.45) is 5.92 Å². The number of methoxy groups -OCH3 is 1. The van der Waals surface area contributed by atoms with E-state index >= 15 is 0 Å². The molecule has 1 fully saturated rings. The summed E-state index contributed by atoms with van der Waals surface area (Å²) in [5.74, 6) is 0.447. The zero-order valence-corrected chi connectivity index (χ0v) is 17.1. The average Bonchev–Trinajstić information content (AvgIpc) is 3.24. The number of benzene rings is 1. The summed E-state index contributed by atoms with van der Waals surface area (Å²) < 4.78 is 32.4. The Morgan fingerprint density at radius 1 is 1.30 bits per heavy atom. The van der Waals surface area contributed by atoms with Crippen molar-refractivity contribution in [2.75, 3.05) is 27.2 Å². The van der Waals surface area contributed by atoms with Crippen molar-refractivity contribution in [3.8, 4) is 5.75 Å². The van der Waals surface area contributed by atoms with E-state index in [2.05, 4.69) is 0 Å². The minimum Gasteiger partial charge on any atom is -0.497 e. The van der Waals surface area contributed by atoms with Gasteiger partial charge in [-0.1, -0.05) is 18.2 Å². The highest BCUT2D eigenvalue weighted by atomic mass is 32.2. The summed E-state index contributed by atoms with van der Waals surface area (Å²) in [6.07, 6.45) is 1.40. The molecule has 0 spiro atoms. The number of ether oxygens (including phenoxy) is 1. The second-order valence-electron chi connectivity index (χ2n) is 6.68. The maximum absolute atomic E-state index is 12.9. The number of carbonyl (C=O) groups excluding carboxylic acids is 1. The number of hydrogen-bond acceptors (Lipinski definition) is 5. The Hall–Kier alpha value is -1.90. The average molecular weight is 409 g/mol. The van der Waals surface area contributed by atoms with Gasteiger partial charge >= 0.3 is 0 Å².